The quantitative estimate of drug-likeness (QED) is 0.622. The predicted octanol–water partition coefficient (Wildman–Crippen LogP) is 1.97. The van der Waals surface area contributed by atoms with Gasteiger partial charge in [0.25, 0.3) is 0 Å². The first-order chi connectivity index (χ1) is 6.16. The molecule has 0 aliphatic heterocycles. The Balaban J connectivity index is 2.01. The number of aldehydes is 1. The van der Waals surface area contributed by atoms with E-state index in [1.807, 2.05) is 0 Å². The molecule has 3 aliphatic rings. The van der Waals surface area contributed by atoms with Gasteiger partial charge in [0.1, 0.15) is 12.1 Å². The van der Waals surface area contributed by atoms with Crippen LogP contribution in [0.1, 0.15) is 39.0 Å². The van der Waals surface area contributed by atoms with Crippen molar-refractivity contribution in [3.8, 4) is 0 Å². The summed E-state index contributed by atoms with van der Waals surface area (Å²) in [4.78, 5) is 21.5. The van der Waals surface area contributed by atoms with Gasteiger partial charge in [0.15, 0.2) is 0 Å². The predicted molar refractivity (Wildman–Crippen MR) is 49.2 cm³/mol. The van der Waals surface area contributed by atoms with E-state index in [0.29, 0.717) is 29.5 Å². The van der Waals surface area contributed by atoms with Crippen molar-refractivity contribution in [3.63, 3.8) is 0 Å². The van der Waals surface area contributed by atoms with E-state index in [4.69, 9.17) is 0 Å². The van der Waals surface area contributed by atoms with Crippen molar-refractivity contribution in [2.24, 2.45) is 17.3 Å². The molecule has 72 valence electrons. The molecule has 3 saturated carbocycles. The van der Waals surface area contributed by atoms with Gasteiger partial charge in [-0.05, 0) is 30.1 Å². The number of carbonyl (C=O) groups excluding carboxylic acids is 2. The largest absolute Gasteiger partial charge is 0.303 e. The van der Waals surface area contributed by atoms with Crippen LogP contribution in [-0.2, 0) is 9.59 Å². The fourth-order valence-electron chi connectivity index (χ4n) is 3.10. The topological polar surface area (TPSA) is 34.1 Å². The van der Waals surface area contributed by atoms with E-state index in [0.717, 1.165) is 25.5 Å². The summed E-state index contributed by atoms with van der Waals surface area (Å²) in [7, 11) is 0. The SMILES string of the molecule is CC1(CCC=O)C2CC(=O)CC1C2. The Morgan fingerprint density at radius 1 is 1.46 bits per heavy atom. The van der Waals surface area contributed by atoms with Crippen LogP contribution in [0.2, 0.25) is 0 Å². The minimum Gasteiger partial charge on any atom is -0.303 e. The summed E-state index contributed by atoms with van der Waals surface area (Å²) in [5.74, 6) is 1.60. The van der Waals surface area contributed by atoms with Gasteiger partial charge in [0.05, 0.1) is 0 Å². The minimum absolute atomic E-state index is 0.314. The Kier molecular flexibility index (Phi) is 2.01. The Labute approximate surface area is 78.7 Å². The van der Waals surface area contributed by atoms with Crippen LogP contribution in [0.15, 0.2) is 0 Å². The van der Waals surface area contributed by atoms with Crippen molar-refractivity contribution < 1.29 is 9.59 Å². The lowest BCUT2D eigenvalue weighted by Gasteiger charge is -2.57. The van der Waals surface area contributed by atoms with Crippen LogP contribution in [0.4, 0.5) is 0 Å². The van der Waals surface area contributed by atoms with Crippen LogP contribution < -0.4 is 0 Å². The molecule has 0 amide bonds. The molecule has 3 aliphatic carbocycles. The Morgan fingerprint density at radius 2 is 2.08 bits per heavy atom. The van der Waals surface area contributed by atoms with Gasteiger partial charge in [0, 0.05) is 19.3 Å². The lowest BCUT2D eigenvalue weighted by Crippen LogP contribution is -2.52. The molecule has 2 heteroatoms. The molecule has 0 spiro atoms. The van der Waals surface area contributed by atoms with Crippen molar-refractivity contribution >= 4 is 12.1 Å². The molecule has 3 rings (SSSR count). The monoisotopic (exact) mass is 180 g/mol. The first kappa shape index (κ1) is 8.92. The number of rotatable bonds is 3. The van der Waals surface area contributed by atoms with E-state index in [-0.39, 0.29) is 0 Å². The maximum Gasteiger partial charge on any atom is 0.133 e. The van der Waals surface area contributed by atoms with Crippen LogP contribution >= 0.6 is 0 Å². The van der Waals surface area contributed by atoms with E-state index in [9.17, 15) is 9.59 Å². The summed E-state index contributed by atoms with van der Waals surface area (Å²) < 4.78 is 0. The van der Waals surface area contributed by atoms with Crippen molar-refractivity contribution in [1.29, 1.82) is 0 Å². The van der Waals surface area contributed by atoms with Crippen LogP contribution in [0.5, 0.6) is 0 Å². The maximum absolute atomic E-state index is 11.2. The molecular formula is C11H16O2. The molecule has 2 bridgehead atoms. The zero-order chi connectivity index (χ0) is 9.47. The summed E-state index contributed by atoms with van der Waals surface area (Å²) in [6.07, 6.45) is 5.41. The highest BCUT2D eigenvalue weighted by molar-refractivity contribution is 5.81. The fraction of sp³-hybridized carbons (Fsp3) is 0.818. The lowest BCUT2D eigenvalue weighted by molar-refractivity contribution is -0.145. The van der Waals surface area contributed by atoms with Crippen molar-refractivity contribution in [2.45, 2.75) is 39.0 Å². The molecular weight excluding hydrogens is 164 g/mol. The number of fused-ring (bicyclic) bond motifs is 2. The van der Waals surface area contributed by atoms with E-state index >= 15 is 0 Å². The highest BCUT2D eigenvalue weighted by atomic mass is 16.1. The van der Waals surface area contributed by atoms with Crippen LogP contribution in [0.25, 0.3) is 0 Å². The van der Waals surface area contributed by atoms with Gasteiger partial charge in [-0.2, -0.15) is 0 Å². The average Bonchev–Trinajstić information content (AvgIpc) is 2.14. The molecule has 3 fully saturated rings. The van der Waals surface area contributed by atoms with Gasteiger partial charge in [-0.25, -0.2) is 0 Å². The first-order valence-electron chi connectivity index (χ1n) is 5.12. The molecule has 13 heavy (non-hydrogen) atoms. The highest BCUT2D eigenvalue weighted by Gasteiger charge is 2.54. The van der Waals surface area contributed by atoms with Gasteiger partial charge >= 0.3 is 0 Å². The van der Waals surface area contributed by atoms with Gasteiger partial charge in [-0.15, -0.1) is 0 Å². The molecule has 0 saturated heterocycles. The van der Waals surface area contributed by atoms with Gasteiger partial charge in [0.2, 0.25) is 0 Å². The summed E-state index contributed by atoms with van der Waals surface area (Å²) >= 11 is 0. The lowest BCUT2D eigenvalue weighted by atomic mass is 9.46. The van der Waals surface area contributed by atoms with Crippen LogP contribution in [0, 0.1) is 17.3 Å². The third-order valence-electron chi connectivity index (χ3n) is 4.18. The van der Waals surface area contributed by atoms with E-state index < -0.39 is 0 Å². The molecule has 0 heterocycles. The number of Topliss-reactive ketones (excluding diaryl/α,β-unsaturated/α-hetero) is 1. The Bertz CT molecular complexity index is 230. The van der Waals surface area contributed by atoms with Gasteiger partial charge < -0.3 is 4.79 Å². The molecule has 0 N–H and O–H groups in total. The van der Waals surface area contributed by atoms with Crippen molar-refractivity contribution in [2.75, 3.05) is 0 Å². The second-order valence-electron chi connectivity index (χ2n) is 4.79. The van der Waals surface area contributed by atoms with Crippen molar-refractivity contribution in [3.05, 3.63) is 0 Å². The van der Waals surface area contributed by atoms with E-state index in [1.165, 1.54) is 6.42 Å². The normalized spacial score (nSPS) is 42.7. The number of hydrogen-bond acceptors (Lipinski definition) is 2. The molecule has 0 aromatic rings. The standard InChI is InChI=1S/C11H16O2/c1-11(3-2-4-12)8-5-9(11)7-10(13)6-8/h4,8-9H,2-3,5-7H2,1H3. The minimum atomic E-state index is 0.314. The summed E-state index contributed by atoms with van der Waals surface area (Å²) in [5, 5.41) is 0. The van der Waals surface area contributed by atoms with Gasteiger partial charge in [-0.1, -0.05) is 6.92 Å². The second kappa shape index (κ2) is 2.93. The number of ketones is 1. The van der Waals surface area contributed by atoms with Gasteiger partial charge in [-0.3, -0.25) is 4.79 Å². The van der Waals surface area contributed by atoms with E-state index in [1.54, 1.807) is 0 Å². The summed E-state index contributed by atoms with van der Waals surface area (Å²) in [6.45, 7) is 2.25. The first-order valence-corrected chi connectivity index (χ1v) is 5.12. The summed E-state index contributed by atoms with van der Waals surface area (Å²) in [6, 6.07) is 0. The highest BCUT2D eigenvalue weighted by Crippen LogP contribution is 2.60. The molecule has 2 atom stereocenters. The smallest absolute Gasteiger partial charge is 0.133 e. The zero-order valence-corrected chi connectivity index (χ0v) is 8.08. The third-order valence-corrected chi connectivity index (χ3v) is 4.18. The zero-order valence-electron chi connectivity index (χ0n) is 8.08. The second-order valence-corrected chi connectivity index (χ2v) is 4.79. The Morgan fingerprint density at radius 3 is 2.62 bits per heavy atom. The molecule has 0 aromatic heterocycles. The average molecular weight is 180 g/mol. The Hall–Kier alpha value is -0.660. The van der Waals surface area contributed by atoms with Crippen molar-refractivity contribution in [1.82, 2.24) is 0 Å². The molecule has 0 radical (unpaired) electrons. The van der Waals surface area contributed by atoms with Crippen LogP contribution in [0.3, 0.4) is 0 Å². The van der Waals surface area contributed by atoms with E-state index in [2.05, 4.69) is 6.92 Å². The summed E-state index contributed by atoms with van der Waals surface area (Å²) in [5.41, 5.74) is 0.314. The number of hydrogen-bond donors (Lipinski definition) is 0. The maximum atomic E-state index is 11.2. The molecule has 2 unspecified atom stereocenters. The fourth-order valence-corrected chi connectivity index (χ4v) is 3.10. The van der Waals surface area contributed by atoms with Crippen LogP contribution in [-0.4, -0.2) is 12.1 Å². The molecule has 0 aromatic carbocycles. The third kappa shape index (κ3) is 1.23. The number of carbonyl (C=O) groups is 2. The molecule has 2 nitrogen and oxygen atoms in total.